The van der Waals surface area contributed by atoms with Gasteiger partial charge >= 0.3 is 0 Å². The molecule has 122 valence electrons. The fourth-order valence-electron chi connectivity index (χ4n) is 2.94. The predicted octanol–water partition coefficient (Wildman–Crippen LogP) is 2.16. The number of hydrogen-bond donors (Lipinski definition) is 5. The smallest absolute Gasteiger partial charge is 0.161 e. The number of phenols is 4. The van der Waals surface area contributed by atoms with E-state index in [0.29, 0.717) is 22.3 Å². The van der Waals surface area contributed by atoms with Crippen molar-refractivity contribution < 1.29 is 30.3 Å². The summed E-state index contributed by atoms with van der Waals surface area (Å²) >= 11 is 0. The van der Waals surface area contributed by atoms with Gasteiger partial charge in [0.15, 0.2) is 17.6 Å². The lowest BCUT2D eigenvalue weighted by Gasteiger charge is -2.32. The van der Waals surface area contributed by atoms with Gasteiger partial charge < -0.3 is 30.3 Å². The molecule has 0 radical (unpaired) electrons. The highest BCUT2D eigenvalue weighted by Crippen LogP contribution is 2.44. The summed E-state index contributed by atoms with van der Waals surface area (Å²) in [6, 6.07) is 4.21. The van der Waals surface area contributed by atoms with E-state index >= 15 is 0 Å². The van der Waals surface area contributed by atoms with Gasteiger partial charge in [0.1, 0.15) is 17.2 Å². The van der Waals surface area contributed by atoms with Crippen LogP contribution in [0.1, 0.15) is 28.4 Å². The van der Waals surface area contributed by atoms with Crippen LogP contribution in [-0.2, 0) is 6.42 Å². The second-order valence-electron chi connectivity index (χ2n) is 5.86. The zero-order valence-corrected chi connectivity index (χ0v) is 12.7. The first-order valence-electron chi connectivity index (χ1n) is 7.21. The fraction of sp³-hybridized carbons (Fsp3) is 0.294. The fourth-order valence-corrected chi connectivity index (χ4v) is 2.94. The maximum Gasteiger partial charge on any atom is 0.161 e. The summed E-state index contributed by atoms with van der Waals surface area (Å²) in [5.74, 6) is -0.452. The molecule has 0 aliphatic carbocycles. The minimum absolute atomic E-state index is 0.140. The van der Waals surface area contributed by atoms with Gasteiger partial charge in [0, 0.05) is 35.2 Å². The molecule has 1 aliphatic heterocycles. The number of aliphatic hydroxyl groups excluding tert-OH is 1. The minimum Gasteiger partial charge on any atom is -0.508 e. The Hall–Kier alpha value is -2.60. The SMILES string of the molecule is Cc1cc([C@H]2Oc3cc(O)cc(O)c3C[C@@H]2O)c(C)c(O)c1O. The molecule has 2 aromatic carbocycles. The molecule has 0 bridgehead atoms. The number of aliphatic hydroxyl groups is 1. The zero-order chi connectivity index (χ0) is 16.9. The van der Waals surface area contributed by atoms with E-state index in [1.165, 1.54) is 12.1 Å². The topological polar surface area (TPSA) is 110 Å². The lowest BCUT2D eigenvalue weighted by Crippen LogP contribution is -2.31. The van der Waals surface area contributed by atoms with Crippen LogP contribution in [0.5, 0.6) is 28.7 Å². The highest BCUT2D eigenvalue weighted by Gasteiger charge is 2.34. The molecule has 0 unspecified atom stereocenters. The van der Waals surface area contributed by atoms with Gasteiger partial charge in [-0.05, 0) is 25.5 Å². The third-order valence-corrected chi connectivity index (χ3v) is 4.25. The van der Waals surface area contributed by atoms with Gasteiger partial charge in [-0.25, -0.2) is 0 Å². The third-order valence-electron chi connectivity index (χ3n) is 4.25. The molecule has 6 nitrogen and oxygen atoms in total. The Morgan fingerprint density at radius 1 is 1.00 bits per heavy atom. The summed E-state index contributed by atoms with van der Waals surface area (Å²) in [4.78, 5) is 0. The number of phenolic OH excluding ortho intramolecular Hbond substituents is 4. The van der Waals surface area contributed by atoms with Crippen molar-refractivity contribution in [2.75, 3.05) is 0 Å². The average Bonchev–Trinajstić information content (AvgIpc) is 2.49. The highest BCUT2D eigenvalue weighted by molar-refractivity contribution is 5.56. The van der Waals surface area contributed by atoms with Crippen LogP contribution in [0, 0.1) is 13.8 Å². The van der Waals surface area contributed by atoms with Crippen LogP contribution in [-0.4, -0.2) is 31.6 Å². The Morgan fingerprint density at radius 3 is 2.39 bits per heavy atom. The Bertz CT molecular complexity index is 783. The third kappa shape index (κ3) is 2.41. The Labute approximate surface area is 132 Å². The number of ether oxygens (including phenoxy) is 1. The number of benzene rings is 2. The summed E-state index contributed by atoms with van der Waals surface area (Å²) in [7, 11) is 0. The van der Waals surface area contributed by atoms with Crippen molar-refractivity contribution in [3.05, 3.63) is 40.5 Å². The van der Waals surface area contributed by atoms with Crippen molar-refractivity contribution in [1.82, 2.24) is 0 Å². The second-order valence-corrected chi connectivity index (χ2v) is 5.86. The van der Waals surface area contributed by atoms with Crippen molar-refractivity contribution in [3.63, 3.8) is 0 Å². The van der Waals surface area contributed by atoms with Crippen LogP contribution in [0.25, 0.3) is 0 Å². The summed E-state index contributed by atoms with van der Waals surface area (Å²) in [6.45, 7) is 3.26. The van der Waals surface area contributed by atoms with Gasteiger partial charge in [-0.15, -0.1) is 0 Å². The van der Waals surface area contributed by atoms with Crippen LogP contribution in [0.3, 0.4) is 0 Å². The molecule has 6 heteroatoms. The maximum atomic E-state index is 10.4. The molecule has 0 saturated heterocycles. The molecule has 2 aromatic rings. The van der Waals surface area contributed by atoms with Gasteiger partial charge in [0.05, 0.1) is 6.10 Å². The Morgan fingerprint density at radius 2 is 1.70 bits per heavy atom. The molecule has 0 amide bonds. The molecule has 1 heterocycles. The number of fused-ring (bicyclic) bond motifs is 1. The Kier molecular flexibility index (Phi) is 3.49. The molecule has 0 fully saturated rings. The zero-order valence-electron chi connectivity index (χ0n) is 12.7. The van der Waals surface area contributed by atoms with Crippen molar-refractivity contribution in [1.29, 1.82) is 0 Å². The molecule has 2 atom stereocenters. The monoisotopic (exact) mass is 318 g/mol. The van der Waals surface area contributed by atoms with Gasteiger partial charge in [-0.3, -0.25) is 0 Å². The van der Waals surface area contributed by atoms with Crippen molar-refractivity contribution >= 4 is 0 Å². The van der Waals surface area contributed by atoms with Gasteiger partial charge in [0.2, 0.25) is 0 Å². The molecule has 0 aromatic heterocycles. The maximum absolute atomic E-state index is 10.4. The number of hydrogen-bond acceptors (Lipinski definition) is 6. The average molecular weight is 318 g/mol. The van der Waals surface area contributed by atoms with E-state index < -0.39 is 12.2 Å². The van der Waals surface area contributed by atoms with Crippen LogP contribution < -0.4 is 4.74 Å². The minimum atomic E-state index is -0.944. The quantitative estimate of drug-likeness (QED) is 0.515. The van der Waals surface area contributed by atoms with Gasteiger partial charge in [0.25, 0.3) is 0 Å². The molecule has 0 spiro atoms. The second kappa shape index (κ2) is 5.24. The molecular weight excluding hydrogens is 300 g/mol. The van der Waals surface area contributed by atoms with Crippen molar-refractivity contribution in [3.8, 4) is 28.7 Å². The van der Waals surface area contributed by atoms with E-state index in [-0.39, 0.29) is 35.2 Å². The lowest BCUT2D eigenvalue weighted by atomic mass is 9.90. The number of aromatic hydroxyl groups is 4. The van der Waals surface area contributed by atoms with Crippen LogP contribution in [0.2, 0.25) is 0 Å². The van der Waals surface area contributed by atoms with Crippen LogP contribution >= 0.6 is 0 Å². The first kappa shape index (κ1) is 15.3. The number of rotatable bonds is 1. The summed E-state index contributed by atoms with van der Waals surface area (Å²) < 4.78 is 5.76. The van der Waals surface area contributed by atoms with E-state index in [0.717, 1.165) is 0 Å². The predicted molar refractivity (Wildman–Crippen MR) is 82.1 cm³/mol. The summed E-state index contributed by atoms with van der Waals surface area (Å²) in [5.41, 5.74) is 1.83. The van der Waals surface area contributed by atoms with E-state index in [4.69, 9.17) is 4.74 Å². The van der Waals surface area contributed by atoms with Crippen LogP contribution in [0.4, 0.5) is 0 Å². The van der Waals surface area contributed by atoms with Crippen molar-refractivity contribution in [2.24, 2.45) is 0 Å². The van der Waals surface area contributed by atoms with Crippen molar-refractivity contribution in [2.45, 2.75) is 32.5 Å². The highest BCUT2D eigenvalue weighted by atomic mass is 16.5. The van der Waals surface area contributed by atoms with Crippen LogP contribution in [0.15, 0.2) is 18.2 Å². The summed E-state index contributed by atoms with van der Waals surface area (Å²) in [6.07, 6.45) is -1.58. The van der Waals surface area contributed by atoms with E-state index in [2.05, 4.69) is 0 Å². The number of aryl methyl sites for hydroxylation is 1. The molecule has 23 heavy (non-hydrogen) atoms. The van der Waals surface area contributed by atoms with E-state index in [9.17, 15) is 25.5 Å². The lowest BCUT2D eigenvalue weighted by molar-refractivity contribution is 0.0193. The van der Waals surface area contributed by atoms with Gasteiger partial charge in [-0.1, -0.05) is 0 Å². The van der Waals surface area contributed by atoms with Gasteiger partial charge in [-0.2, -0.15) is 0 Å². The molecular formula is C17H18O6. The molecule has 1 aliphatic rings. The first-order chi connectivity index (χ1) is 10.8. The first-order valence-corrected chi connectivity index (χ1v) is 7.21. The Balaban J connectivity index is 2.09. The van der Waals surface area contributed by atoms with E-state index in [1.54, 1.807) is 19.9 Å². The standard InChI is InChI=1S/C17H18O6/c1-7-3-10(8(2)16(22)15(7)21)17-13(20)6-11-12(19)4-9(18)5-14(11)23-17/h3-5,13,17-22H,6H2,1-2H3/t13-,17+/m0/s1. The molecule has 0 saturated carbocycles. The molecule has 3 rings (SSSR count). The summed E-state index contributed by atoms with van der Waals surface area (Å²) in [5, 5.41) is 49.6. The van der Waals surface area contributed by atoms with E-state index in [1.807, 2.05) is 0 Å². The molecule has 5 N–H and O–H groups in total. The normalized spacial score (nSPS) is 20.0. The largest absolute Gasteiger partial charge is 0.508 e.